The SMILES string of the molecule is CCOC(CC[Si])(OCC)OCC. The van der Waals surface area contributed by atoms with Crippen molar-refractivity contribution in [3.05, 3.63) is 0 Å². The second-order valence-electron chi connectivity index (χ2n) is 2.48. The molecule has 0 aromatic heterocycles. The van der Waals surface area contributed by atoms with Gasteiger partial charge in [-0.25, -0.2) is 0 Å². The first-order chi connectivity index (χ1) is 6.24. The summed E-state index contributed by atoms with van der Waals surface area (Å²) in [6, 6.07) is 0.792. The van der Waals surface area contributed by atoms with Crippen LogP contribution in [0.3, 0.4) is 0 Å². The van der Waals surface area contributed by atoms with Crippen LogP contribution in [0.1, 0.15) is 27.2 Å². The van der Waals surface area contributed by atoms with Crippen LogP contribution in [0.5, 0.6) is 0 Å². The molecule has 3 radical (unpaired) electrons. The fraction of sp³-hybridized carbons (Fsp3) is 1.00. The maximum absolute atomic E-state index is 5.48. The van der Waals surface area contributed by atoms with Crippen LogP contribution < -0.4 is 0 Å². The summed E-state index contributed by atoms with van der Waals surface area (Å²) in [6.07, 6.45) is 0.694. The lowest BCUT2D eigenvalue weighted by Gasteiger charge is -2.31. The summed E-state index contributed by atoms with van der Waals surface area (Å²) >= 11 is 0. The topological polar surface area (TPSA) is 27.7 Å². The molecule has 0 aromatic carbocycles. The molecule has 0 saturated carbocycles. The van der Waals surface area contributed by atoms with E-state index in [2.05, 4.69) is 10.2 Å². The highest BCUT2D eigenvalue weighted by Gasteiger charge is 2.30. The normalized spacial score (nSPS) is 12.0. The maximum atomic E-state index is 5.48. The molecule has 3 nitrogen and oxygen atoms in total. The van der Waals surface area contributed by atoms with Crippen LogP contribution in [0.2, 0.25) is 6.04 Å². The van der Waals surface area contributed by atoms with E-state index in [1.807, 2.05) is 20.8 Å². The zero-order chi connectivity index (χ0) is 10.2. The molecule has 0 saturated heterocycles. The Morgan fingerprint density at radius 2 is 1.31 bits per heavy atom. The van der Waals surface area contributed by atoms with Gasteiger partial charge in [-0.15, -0.1) is 0 Å². The quantitative estimate of drug-likeness (QED) is 0.444. The maximum Gasteiger partial charge on any atom is 0.282 e. The molecule has 4 heteroatoms. The Balaban J connectivity index is 4.19. The van der Waals surface area contributed by atoms with Crippen LogP contribution in [-0.4, -0.2) is 36.0 Å². The smallest absolute Gasteiger partial charge is 0.282 e. The lowest BCUT2D eigenvalue weighted by Crippen LogP contribution is -2.39. The minimum absolute atomic E-state index is 0.590. The zero-order valence-corrected chi connectivity index (χ0v) is 9.76. The molecule has 0 amide bonds. The van der Waals surface area contributed by atoms with Crippen molar-refractivity contribution in [2.75, 3.05) is 19.8 Å². The third-order valence-electron chi connectivity index (χ3n) is 1.52. The van der Waals surface area contributed by atoms with E-state index in [-0.39, 0.29) is 0 Å². The van der Waals surface area contributed by atoms with Crippen molar-refractivity contribution in [2.24, 2.45) is 0 Å². The molecule has 0 rings (SSSR count). The molecule has 0 fully saturated rings. The van der Waals surface area contributed by atoms with E-state index in [1.165, 1.54) is 0 Å². The van der Waals surface area contributed by atoms with Gasteiger partial charge in [0, 0.05) is 36.5 Å². The van der Waals surface area contributed by atoms with E-state index in [0.29, 0.717) is 26.2 Å². The number of rotatable bonds is 8. The van der Waals surface area contributed by atoms with Gasteiger partial charge in [0.25, 0.3) is 5.97 Å². The molecule has 0 spiro atoms. The third kappa shape index (κ3) is 4.76. The summed E-state index contributed by atoms with van der Waals surface area (Å²) in [5.74, 6) is -0.847. The first-order valence-corrected chi connectivity index (χ1v) is 5.51. The summed E-state index contributed by atoms with van der Waals surface area (Å²) < 4.78 is 16.4. The molecule has 0 bridgehead atoms. The molecule has 13 heavy (non-hydrogen) atoms. The van der Waals surface area contributed by atoms with Crippen LogP contribution in [0.25, 0.3) is 0 Å². The Morgan fingerprint density at radius 1 is 0.923 bits per heavy atom. The molecule has 0 atom stereocenters. The standard InChI is InChI=1S/C9H19O3Si/c1-4-10-9(7-8-13,11-5-2)12-6-3/h4-8H2,1-3H3. The Kier molecular flexibility index (Phi) is 7.55. The van der Waals surface area contributed by atoms with Gasteiger partial charge in [-0.05, 0) is 20.8 Å². The van der Waals surface area contributed by atoms with Gasteiger partial charge < -0.3 is 14.2 Å². The van der Waals surface area contributed by atoms with Crippen molar-refractivity contribution in [1.82, 2.24) is 0 Å². The predicted octanol–water partition coefficient (Wildman–Crippen LogP) is 1.73. The number of hydrogen-bond acceptors (Lipinski definition) is 3. The van der Waals surface area contributed by atoms with E-state index in [9.17, 15) is 0 Å². The van der Waals surface area contributed by atoms with Crippen LogP contribution in [0.15, 0.2) is 0 Å². The van der Waals surface area contributed by atoms with Crippen molar-refractivity contribution in [1.29, 1.82) is 0 Å². The van der Waals surface area contributed by atoms with Crippen molar-refractivity contribution in [3.63, 3.8) is 0 Å². The molecule has 0 unspecified atom stereocenters. The molecule has 0 aliphatic heterocycles. The predicted molar refractivity (Wildman–Crippen MR) is 52.8 cm³/mol. The Bertz CT molecular complexity index is 89.9. The monoisotopic (exact) mass is 203 g/mol. The average molecular weight is 203 g/mol. The Hall–Kier alpha value is 0.0969. The van der Waals surface area contributed by atoms with Gasteiger partial charge in [-0.1, -0.05) is 6.04 Å². The second-order valence-corrected chi connectivity index (χ2v) is 2.98. The van der Waals surface area contributed by atoms with Gasteiger partial charge >= 0.3 is 0 Å². The van der Waals surface area contributed by atoms with Crippen LogP contribution in [0.4, 0.5) is 0 Å². The van der Waals surface area contributed by atoms with Crippen LogP contribution in [-0.2, 0) is 14.2 Å². The summed E-state index contributed by atoms with van der Waals surface area (Å²) in [5, 5.41) is 0. The van der Waals surface area contributed by atoms with E-state index in [4.69, 9.17) is 14.2 Å². The fourth-order valence-corrected chi connectivity index (χ4v) is 1.46. The van der Waals surface area contributed by atoms with Crippen molar-refractivity contribution in [2.45, 2.75) is 39.2 Å². The first kappa shape index (κ1) is 13.1. The molecule has 0 aliphatic carbocycles. The summed E-state index contributed by atoms with van der Waals surface area (Å²) in [7, 11) is 3.40. The van der Waals surface area contributed by atoms with Gasteiger partial charge in [0.15, 0.2) is 0 Å². The van der Waals surface area contributed by atoms with E-state index < -0.39 is 5.97 Å². The minimum Gasteiger partial charge on any atom is -0.328 e. The molecule has 77 valence electrons. The summed E-state index contributed by atoms with van der Waals surface area (Å²) in [6.45, 7) is 7.56. The summed E-state index contributed by atoms with van der Waals surface area (Å²) in [4.78, 5) is 0. The van der Waals surface area contributed by atoms with Gasteiger partial charge in [-0.3, -0.25) is 0 Å². The van der Waals surface area contributed by atoms with Crippen molar-refractivity contribution in [3.8, 4) is 0 Å². The third-order valence-corrected chi connectivity index (χ3v) is 1.77. The lowest BCUT2D eigenvalue weighted by atomic mass is 10.4. The molecule has 0 heterocycles. The number of hydrogen-bond donors (Lipinski definition) is 0. The second kappa shape index (κ2) is 7.50. The first-order valence-electron chi connectivity index (χ1n) is 4.81. The van der Waals surface area contributed by atoms with E-state index >= 15 is 0 Å². The Morgan fingerprint density at radius 3 is 1.54 bits per heavy atom. The number of ether oxygens (including phenoxy) is 3. The highest BCUT2D eigenvalue weighted by atomic mass is 28.1. The Labute approximate surface area is 84.2 Å². The van der Waals surface area contributed by atoms with Crippen LogP contribution in [0, 0.1) is 0 Å². The highest BCUT2D eigenvalue weighted by molar-refractivity contribution is 6.08. The molecular formula is C9H19O3Si. The average Bonchev–Trinajstić information content (AvgIpc) is 2.06. The van der Waals surface area contributed by atoms with Crippen molar-refractivity contribution >= 4 is 10.2 Å². The van der Waals surface area contributed by atoms with Crippen LogP contribution >= 0.6 is 0 Å². The fourth-order valence-electron chi connectivity index (χ4n) is 1.15. The van der Waals surface area contributed by atoms with Gasteiger partial charge in [0.1, 0.15) is 0 Å². The van der Waals surface area contributed by atoms with Gasteiger partial charge in [-0.2, -0.15) is 0 Å². The molecule has 0 aliphatic rings. The summed E-state index contributed by atoms with van der Waals surface area (Å²) in [5.41, 5.74) is 0. The van der Waals surface area contributed by atoms with Gasteiger partial charge in [0.05, 0.1) is 0 Å². The highest BCUT2D eigenvalue weighted by Crippen LogP contribution is 2.21. The largest absolute Gasteiger partial charge is 0.328 e. The molecule has 0 N–H and O–H groups in total. The molecular weight excluding hydrogens is 184 g/mol. The van der Waals surface area contributed by atoms with Gasteiger partial charge in [0.2, 0.25) is 0 Å². The van der Waals surface area contributed by atoms with E-state index in [0.717, 1.165) is 6.04 Å². The minimum atomic E-state index is -0.847. The lowest BCUT2D eigenvalue weighted by molar-refractivity contribution is -0.377. The van der Waals surface area contributed by atoms with Crippen molar-refractivity contribution < 1.29 is 14.2 Å². The van der Waals surface area contributed by atoms with E-state index in [1.54, 1.807) is 0 Å². The molecule has 0 aromatic rings. The zero-order valence-electron chi connectivity index (χ0n) is 8.76.